The zero-order valence-electron chi connectivity index (χ0n) is 13.7. The van der Waals surface area contributed by atoms with Crippen molar-refractivity contribution in [1.29, 1.82) is 0 Å². The number of nitrogens with one attached hydrogen (secondary N) is 1. The molecular weight excluding hydrogens is 282 g/mol. The molecule has 0 aliphatic carbocycles. The van der Waals surface area contributed by atoms with Crippen molar-refractivity contribution in [3.8, 4) is 0 Å². The van der Waals surface area contributed by atoms with Crippen LogP contribution in [-0.4, -0.2) is 51.3 Å². The second-order valence-electron chi connectivity index (χ2n) is 5.70. The van der Waals surface area contributed by atoms with Crippen molar-refractivity contribution in [2.45, 2.75) is 52.6 Å². The monoisotopic (exact) mass is 309 g/mol. The quantitative estimate of drug-likeness (QED) is 0.782. The lowest BCUT2D eigenvalue weighted by molar-refractivity contribution is -0.121. The number of hydrogen-bond acceptors (Lipinski definition) is 4. The molecule has 1 aromatic rings. The van der Waals surface area contributed by atoms with Gasteiger partial charge in [0, 0.05) is 26.1 Å². The van der Waals surface area contributed by atoms with E-state index in [0.717, 1.165) is 57.7 Å². The van der Waals surface area contributed by atoms with Gasteiger partial charge in [0.2, 0.25) is 5.91 Å². The van der Waals surface area contributed by atoms with E-state index >= 15 is 0 Å². The lowest BCUT2D eigenvalue weighted by Gasteiger charge is -2.17. The molecule has 0 saturated carbocycles. The van der Waals surface area contributed by atoms with Gasteiger partial charge in [0.15, 0.2) is 0 Å². The topological polar surface area (TPSA) is 72.2 Å². The SMILES string of the molecule is CCN(CC)CCNC(=O)Cn1nc2n(c1=O)CCCCC2. The first-order valence-corrected chi connectivity index (χ1v) is 8.31. The van der Waals surface area contributed by atoms with Crippen molar-refractivity contribution >= 4 is 5.91 Å². The Balaban J connectivity index is 1.88. The van der Waals surface area contributed by atoms with E-state index in [0.29, 0.717) is 6.54 Å². The fourth-order valence-electron chi connectivity index (χ4n) is 2.81. The average Bonchev–Trinajstić information content (AvgIpc) is 2.69. The van der Waals surface area contributed by atoms with Crippen LogP contribution in [0.1, 0.15) is 38.9 Å². The van der Waals surface area contributed by atoms with Gasteiger partial charge in [0.05, 0.1) is 0 Å². The Morgan fingerprint density at radius 2 is 2.05 bits per heavy atom. The maximum absolute atomic E-state index is 12.3. The minimum atomic E-state index is -0.157. The Hall–Kier alpha value is -1.63. The summed E-state index contributed by atoms with van der Waals surface area (Å²) in [6.45, 7) is 8.30. The molecule has 1 amide bonds. The van der Waals surface area contributed by atoms with Crippen LogP contribution in [0.3, 0.4) is 0 Å². The molecule has 0 radical (unpaired) electrons. The molecule has 0 saturated heterocycles. The second-order valence-corrected chi connectivity index (χ2v) is 5.70. The van der Waals surface area contributed by atoms with Crippen molar-refractivity contribution < 1.29 is 4.79 Å². The third-order valence-electron chi connectivity index (χ3n) is 4.22. The summed E-state index contributed by atoms with van der Waals surface area (Å²) in [6.07, 6.45) is 4.03. The summed E-state index contributed by atoms with van der Waals surface area (Å²) < 4.78 is 3.02. The average molecular weight is 309 g/mol. The van der Waals surface area contributed by atoms with Crippen LogP contribution in [-0.2, 0) is 24.3 Å². The first-order valence-electron chi connectivity index (χ1n) is 8.31. The highest BCUT2D eigenvalue weighted by atomic mass is 16.2. The Bertz CT molecular complexity index is 545. The molecule has 7 heteroatoms. The van der Waals surface area contributed by atoms with E-state index in [2.05, 4.69) is 29.2 Å². The van der Waals surface area contributed by atoms with Gasteiger partial charge in [-0.2, -0.15) is 5.10 Å². The Morgan fingerprint density at radius 1 is 1.27 bits per heavy atom. The van der Waals surface area contributed by atoms with Crippen molar-refractivity contribution in [3.63, 3.8) is 0 Å². The molecule has 0 aromatic carbocycles. The van der Waals surface area contributed by atoms with Gasteiger partial charge in [-0.15, -0.1) is 0 Å². The highest BCUT2D eigenvalue weighted by molar-refractivity contribution is 5.75. The Morgan fingerprint density at radius 3 is 2.77 bits per heavy atom. The molecule has 2 rings (SSSR count). The fourth-order valence-corrected chi connectivity index (χ4v) is 2.81. The normalized spacial score (nSPS) is 14.7. The smallest absolute Gasteiger partial charge is 0.346 e. The van der Waals surface area contributed by atoms with Crippen molar-refractivity contribution in [1.82, 2.24) is 24.6 Å². The van der Waals surface area contributed by atoms with Gasteiger partial charge >= 0.3 is 5.69 Å². The summed E-state index contributed by atoms with van der Waals surface area (Å²) in [7, 11) is 0. The summed E-state index contributed by atoms with van der Waals surface area (Å²) in [5.74, 6) is 0.668. The summed E-state index contributed by atoms with van der Waals surface area (Å²) in [4.78, 5) is 26.5. The van der Waals surface area contributed by atoms with Crippen LogP contribution < -0.4 is 11.0 Å². The van der Waals surface area contributed by atoms with Crippen molar-refractivity contribution in [2.75, 3.05) is 26.2 Å². The lowest BCUT2D eigenvalue weighted by Crippen LogP contribution is -2.38. The molecule has 1 aliphatic rings. The molecule has 0 atom stereocenters. The third kappa shape index (κ3) is 4.19. The molecule has 1 aromatic heterocycles. The highest BCUT2D eigenvalue weighted by Crippen LogP contribution is 2.10. The van der Waals surface area contributed by atoms with Gasteiger partial charge < -0.3 is 10.2 Å². The van der Waals surface area contributed by atoms with Gasteiger partial charge in [-0.25, -0.2) is 9.48 Å². The van der Waals surface area contributed by atoms with Crippen molar-refractivity contribution in [3.05, 3.63) is 16.3 Å². The molecule has 0 fully saturated rings. The van der Waals surface area contributed by atoms with E-state index in [1.54, 1.807) is 4.57 Å². The van der Waals surface area contributed by atoms with E-state index in [1.807, 2.05) is 0 Å². The first kappa shape index (κ1) is 16.7. The van der Waals surface area contributed by atoms with Gasteiger partial charge in [-0.05, 0) is 25.9 Å². The van der Waals surface area contributed by atoms with Gasteiger partial charge in [0.1, 0.15) is 12.4 Å². The number of amides is 1. The molecule has 124 valence electrons. The van der Waals surface area contributed by atoms with Gasteiger partial charge in [-0.1, -0.05) is 20.3 Å². The summed E-state index contributed by atoms with van der Waals surface area (Å²) >= 11 is 0. The molecule has 22 heavy (non-hydrogen) atoms. The standard InChI is InChI=1S/C15H27N5O2/c1-3-18(4-2)11-9-16-14(21)12-20-15(22)19-10-7-5-6-8-13(19)17-20/h3-12H2,1-2H3,(H,16,21). The molecule has 0 unspecified atom stereocenters. The first-order chi connectivity index (χ1) is 10.7. The summed E-state index contributed by atoms with van der Waals surface area (Å²) in [5.41, 5.74) is -0.157. The van der Waals surface area contributed by atoms with Crippen LogP contribution >= 0.6 is 0 Å². The third-order valence-corrected chi connectivity index (χ3v) is 4.22. The molecule has 7 nitrogen and oxygen atoms in total. The summed E-state index contributed by atoms with van der Waals surface area (Å²) in [5, 5.41) is 7.18. The van der Waals surface area contributed by atoms with Crippen LogP contribution in [0.25, 0.3) is 0 Å². The number of likely N-dealkylation sites (N-methyl/N-ethyl adjacent to an activating group) is 1. The number of fused-ring (bicyclic) bond motifs is 1. The number of hydrogen-bond donors (Lipinski definition) is 1. The van der Waals surface area contributed by atoms with Crippen LogP contribution in [0.15, 0.2) is 4.79 Å². The molecule has 1 N–H and O–H groups in total. The lowest BCUT2D eigenvalue weighted by atomic mass is 10.2. The number of carbonyl (C=O) groups is 1. The van der Waals surface area contributed by atoms with Crippen LogP contribution in [0, 0.1) is 0 Å². The van der Waals surface area contributed by atoms with Crippen LogP contribution in [0.4, 0.5) is 0 Å². The number of aryl methyl sites for hydroxylation is 1. The van der Waals surface area contributed by atoms with E-state index in [-0.39, 0.29) is 18.1 Å². The molecule has 0 spiro atoms. The van der Waals surface area contributed by atoms with Crippen molar-refractivity contribution in [2.24, 2.45) is 0 Å². The maximum atomic E-state index is 12.3. The van der Waals surface area contributed by atoms with Crippen LogP contribution in [0.2, 0.25) is 0 Å². The zero-order chi connectivity index (χ0) is 15.9. The Kier molecular flexibility index (Phi) is 6.18. The molecule has 2 heterocycles. The molecule has 0 bridgehead atoms. The number of rotatable bonds is 7. The number of aromatic nitrogens is 3. The predicted molar refractivity (Wildman–Crippen MR) is 84.8 cm³/mol. The maximum Gasteiger partial charge on any atom is 0.346 e. The van der Waals surface area contributed by atoms with Crippen LogP contribution in [0.5, 0.6) is 0 Å². The van der Waals surface area contributed by atoms with E-state index in [1.165, 1.54) is 4.68 Å². The van der Waals surface area contributed by atoms with Gasteiger partial charge in [0.25, 0.3) is 0 Å². The van der Waals surface area contributed by atoms with E-state index in [9.17, 15) is 9.59 Å². The number of carbonyl (C=O) groups excluding carboxylic acids is 1. The minimum Gasteiger partial charge on any atom is -0.353 e. The fraction of sp³-hybridized carbons (Fsp3) is 0.800. The highest BCUT2D eigenvalue weighted by Gasteiger charge is 2.17. The van der Waals surface area contributed by atoms with E-state index in [4.69, 9.17) is 0 Å². The van der Waals surface area contributed by atoms with E-state index < -0.39 is 0 Å². The minimum absolute atomic E-state index is 0.0110. The largest absolute Gasteiger partial charge is 0.353 e. The summed E-state index contributed by atoms with van der Waals surface area (Å²) in [6, 6.07) is 0. The molecule has 1 aliphatic heterocycles. The molecular formula is C15H27N5O2. The Labute approximate surface area is 131 Å². The predicted octanol–water partition coefficient (Wildman–Crippen LogP) is 0.229. The zero-order valence-corrected chi connectivity index (χ0v) is 13.7. The van der Waals surface area contributed by atoms with Gasteiger partial charge in [-0.3, -0.25) is 9.36 Å². The second kappa shape index (κ2) is 8.12. The number of nitrogens with zero attached hydrogens (tertiary/aromatic N) is 4.